The van der Waals surface area contributed by atoms with Gasteiger partial charge in [-0.2, -0.15) is 0 Å². The zero-order valence-corrected chi connectivity index (χ0v) is 15.4. The van der Waals surface area contributed by atoms with Crippen LogP contribution < -0.4 is 5.32 Å². The first kappa shape index (κ1) is 19.2. The molecule has 0 bridgehead atoms. The van der Waals surface area contributed by atoms with Crippen LogP contribution in [0.2, 0.25) is 0 Å². The summed E-state index contributed by atoms with van der Waals surface area (Å²) in [4.78, 5) is 30.6. The van der Waals surface area contributed by atoms with Gasteiger partial charge in [0.05, 0.1) is 0 Å². The molecule has 1 aliphatic carbocycles. The van der Waals surface area contributed by atoms with Gasteiger partial charge in [0, 0.05) is 20.1 Å². The van der Waals surface area contributed by atoms with E-state index < -0.39 is 0 Å². The maximum Gasteiger partial charge on any atom is 0.272 e. The third-order valence-electron chi connectivity index (χ3n) is 4.51. The van der Waals surface area contributed by atoms with Crippen molar-refractivity contribution in [2.24, 2.45) is 0 Å². The third kappa shape index (κ3) is 6.00. The second kappa shape index (κ2) is 9.97. The first-order chi connectivity index (χ1) is 12.1. The highest BCUT2D eigenvalue weighted by Gasteiger charge is 2.15. The lowest BCUT2D eigenvalue weighted by atomic mass is 9.97. The largest absolute Gasteiger partial charge is 0.350 e. The monoisotopic (exact) mass is 343 g/mol. The molecule has 5 nitrogen and oxygen atoms in total. The van der Waals surface area contributed by atoms with Crippen molar-refractivity contribution in [2.75, 3.05) is 20.1 Å². The smallest absolute Gasteiger partial charge is 0.272 e. The van der Waals surface area contributed by atoms with Crippen LogP contribution in [0.4, 0.5) is 0 Å². The van der Waals surface area contributed by atoms with Crippen molar-refractivity contribution in [3.8, 4) is 0 Å². The molecule has 0 unspecified atom stereocenters. The van der Waals surface area contributed by atoms with Gasteiger partial charge in [-0.05, 0) is 50.7 Å². The topological polar surface area (TPSA) is 62.3 Å². The molecule has 1 aromatic heterocycles. The number of aromatic nitrogens is 1. The zero-order valence-electron chi connectivity index (χ0n) is 15.4. The lowest BCUT2D eigenvalue weighted by molar-refractivity contribution is 0.0787. The van der Waals surface area contributed by atoms with Gasteiger partial charge in [0.2, 0.25) is 0 Å². The molecule has 0 radical (unpaired) electrons. The summed E-state index contributed by atoms with van der Waals surface area (Å²) >= 11 is 0. The van der Waals surface area contributed by atoms with Crippen molar-refractivity contribution in [3.63, 3.8) is 0 Å². The number of nitrogens with one attached hydrogen (secondary N) is 1. The number of carbonyl (C=O) groups excluding carboxylic acids is 2. The van der Waals surface area contributed by atoms with Gasteiger partial charge in [-0.1, -0.05) is 31.1 Å². The Morgan fingerprint density at radius 1 is 1.24 bits per heavy atom. The Morgan fingerprint density at radius 2 is 2.04 bits per heavy atom. The van der Waals surface area contributed by atoms with Gasteiger partial charge >= 0.3 is 0 Å². The highest BCUT2D eigenvalue weighted by Crippen LogP contribution is 2.19. The van der Waals surface area contributed by atoms with Crippen LogP contribution in [0.15, 0.2) is 29.8 Å². The number of hydrogen-bond acceptors (Lipinski definition) is 3. The molecule has 0 aromatic carbocycles. The molecule has 0 saturated heterocycles. The SMILES string of the molecule is CCCCN(C)C(=O)c1cccc(C(=O)NCCC2=CCCCC2)n1. The van der Waals surface area contributed by atoms with Gasteiger partial charge in [-0.25, -0.2) is 4.98 Å². The lowest BCUT2D eigenvalue weighted by Gasteiger charge is -2.16. The number of allylic oxidation sites excluding steroid dienone is 1. The molecule has 1 N–H and O–H groups in total. The molecule has 136 valence electrons. The molecular formula is C20H29N3O2. The van der Waals surface area contributed by atoms with E-state index in [1.165, 1.54) is 18.4 Å². The van der Waals surface area contributed by atoms with E-state index in [-0.39, 0.29) is 11.8 Å². The Kier molecular flexibility index (Phi) is 7.64. The molecule has 5 heteroatoms. The van der Waals surface area contributed by atoms with Crippen LogP contribution in [0, 0.1) is 0 Å². The van der Waals surface area contributed by atoms with Crippen molar-refractivity contribution < 1.29 is 9.59 Å². The Bertz CT molecular complexity index is 625. The van der Waals surface area contributed by atoms with Crippen molar-refractivity contribution in [1.82, 2.24) is 15.2 Å². The molecule has 0 fully saturated rings. The number of amides is 2. The highest BCUT2D eigenvalue weighted by molar-refractivity contribution is 5.96. The Labute approximate surface area is 150 Å². The van der Waals surface area contributed by atoms with Gasteiger partial charge in [-0.15, -0.1) is 0 Å². The number of hydrogen-bond donors (Lipinski definition) is 1. The summed E-state index contributed by atoms with van der Waals surface area (Å²) in [6, 6.07) is 5.03. The second-order valence-corrected chi connectivity index (χ2v) is 6.60. The van der Waals surface area contributed by atoms with Gasteiger partial charge < -0.3 is 10.2 Å². The van der Waals surface area contributed by atoms with E-state index in [4.69, 9.17) is 0 Å². The van der Waals surface area contributed by atoms with E-state index in [2.05, 4.69) is 23.3 Å². The molecule has 1 aliphatic rings. The molecular weight excluding hydrogens is 314 g/mol. The van der Waals surface area contributed by atoms with E-state index in [9.17, 15) is 9.59 Å². The highest BCUT2D eigenvalue weighted by atomic mass is 16.2. The van der Waals surface area contributed by atoms with Gasteiger partial charge in [-0.3, -0.25) is 9.59 Å². The fourth-order valence-electron chi connectivity index (χ4n) is 2.93. The standard InChI is InChI=1S/C20H29N3O2/c1-3-4-15-23(2)20(25)18-12-8-11-17(22-18)19(24)21-14-13-16-9-6-5-7-10-16/h8-9,11-12H,3-7,10,13-15H2,1-2H3,(H,21,24). The zero-order chi connectivity index (χ0) is 18.1. The van der Waals surface area contributed by atoms with E-state index in [0.717, 1.165) is 32.1 Å². The number of carbonyl (C=O) groups is 2. The van der Waals surface area contributed by atoms with E-state index in [1.807, 2.05) is 0 Å². The van der Waals surface area contributed by atoms with Gasteiger partial charge in [0.25, 0.3) is 11.8 Å². The predicted octanol–water partition coefficient (Wildman–Crippen LogP) is 3.57. The van der Waals surface area contributed by atoms with Crippen LogP contribution >= 0.6 is 0 Å². The van der Waals surface area contributed by atoms with Gasteiger partial charge in [0.15, 0.2) is 0 Å². The summed E-state index contributed by atoms with van der Waals surface area (Å²) in [5.74, 6) is -0.363. The third-order valence-corrected chi connectivity index (χ3v) is 4.51. The molecule has 0 atom stereocenters. The summed E-state index contributed by atoms with van der Waals surface area (Å²) in [5, 5.41) is 2.91. The van der Waals surface area contributed by atoms with Crippen LogP contribution in [-0.4, -0.2) is 41.8 Å². The molecule has 0 saturated carbocycles. The number of rotatable bonds is 8. The minimum Gasteiger partial charge on any atom is -0.350 e. The Morgan fingerprint density at radius 3 is 2.76 bits per heavy atom. The summed E-state index contributed by atoms with van der Waals surface area (Å²) in [7, 11) is 1.77. The van der Waals surface area contributed by atoms with Crippen molar-refractivity contribution in [2.45, 2.75) is 51.9 Å². The Balaban J connectivity index is 1.89. The van der Waals surface area contributed by atoms with E-state index >= 15 is 0 Å². The van der Waals surface area contributed by atoms with Crippen molar-refractivity contribution in [1.29, 1.82) is 0 Å². The molecule has 2 amide bonds. The van der Waals surface area contributed by atoms with Crippen LogP contribution in [0.1, 0.15) is 72.8 Å². The molecule has 1 aromatic rings. The minimum atomic E-state index is -0.220. The molecule has 0 aliphatic heterocycles. The normalized spacial score (nSPS) is 13.9. The number of unbranched alkanes of at least 4 members (excludes halogenated alkanes) is 1. The second-order valence-electron chi connectivity index (χ2n) is 6.60. The van der Waals surface area contributed by atoms with E-state index in [1.54, 1.807) is 30.1 Å². The first-order valence-electron chi connectivity index (χ1n) is 9.30. The molecule has 2 rings (SSSR count). The quantitative estimate of drug-likeness (QED) is 0.734. The van der Waals surface area contributed by atoms with Crippen molar-refractivity contribution >= 4 is 11.8 Å². The first-order valence-corrected chi connectivity index (χ1v) is 9.30. The number of pyridine rings is 1. The molecule has 0 spiro atoms. The fraction of sp³-hybridized carbons (Fsp3) is 0.550. The minimum absolute atomic E-state index is 0.143. The average Bonchev–Trinajstić information content (AvgIpc) is 2.66. The summed E-state index contributed by atoms with van der Waals surface area (Å²) in [6.07, 6.45) is 9.98. The van der Waals surface area contributed by atoms with Crippen LogP contribution in [-0.2, 0) is 0 Å². The molecule has 1 heterocycles. The summed E-state index contributed by atoms with van der Waals surface area (Å²) < 4.78 is 0. The maximum absolute atomic E-state index is 12.4. The van der Waals surface area contributed by atoms with Crippen LogP contribution in [0.5, 0.6) is 0 Å². The van der Waals surface area contributed by atoms with Gasteiger partial charge in [0.1, 0.15) is 11.4 Å². The maximum atomic E-state index is 12.4. The fourth-order valence-corrected chi connectivity index (χ4v) is 2.93. The summed E-state index contributed by atoms with van der Waals surface area (Å²) in [5.41, 5.74) is 2.05. The number of nitrogens with zero attached hydrogens (tertiary/aromatic N) is 2. The average molecular weight is 343 g/mol. The van der Waals surface area contributed by atoms with Crippen molar-refractivity contribution in [3.05, 3.63) is 41.2 Å². The summed E-state index contributed by atoms with van der Waals surface area (Å²) in [6.45, 7) is 3.40. The Hall–Kier alpha value is -2.17. The van der Waals surface area contributed by atoms with Crippen LogP contribution in [0.25, 0.3) is 0 Å². The van der Waals surface area contributed by atoms with E-state index in [0.29, 0.717) is 24.5 Å². The predicted molar refractivity (Wildman–Crippen MR) is 99.6 cm³/mol. The lowest BCUT2D eigenvalue weighted by Crippen LogP contribution is -2.30. The molecule has 25 heavy (non-hydrogen) atoms. The van der Waals surface area contributed by atoms with Crippen LogP contribution in [0.3, 0.4) is 0 Å².